The predicted octanol–water partition coefficient (Wildman–Crippen LogP) is 8.16. The van der Waals surface area contributed by atoms with Crippen LogP contribution in [-0.2, 0) is 10.2 Å². The molecule has 0 spiro atoms. The maximum Gasteiger partial charge on any atom is 0.261 e. The molecule has 6 nitrogen and oxygen atoms in total. The Bertz CT molecular complexity index is 1450. The molecule has 2 aliphatic heterocycles. The number of carbonyl (C=O) groups is 3. The Kier molecular flexibility index (Phi) is 13.0. The largest absolute Gasteiger partial charge is 0.328 e. The first-order chi connectivity index (χ1) is 23.7. The monoisotopic (exact) mass is 664 g/mol. The third-order valence-electron chi connectivity index (χ3n) is 11.2. The Morgan fingerprint density at radius 1 is 0.653 bits per heavy atom. The van der Waals surface area contributed by atoms with Gasteiger partial charge in [-0.05, 0) is 87.7 Å². The van der Waals surface area contributed by atoms with E-state index in [0.717, 1.165) is 61.1 Å². The molecule has 3 aromatic carbocycles. The molecule has 0 bridgehead atoms. The van der Waals surface area contributed by atoms with E-state index in [1.54, 1.807) is 19.1 Å². The molecule has 0 aliphatic carbocycles. The van der Waals surface area contributed by atoms with E-state index in [1.807, 2.05) is 24.3 Å². The van der Waals surface area contributed by atoms with Crippen molar-refractivity contribution in [3.05, 3.63) is 107 Å². The third-order valence-corrected chi connectivity index (χ3v) is 11.2. The molecule has 1 fully saturated rings. The maximum absolute atomic E-state index is 13.5. The van der Waals surface area contributed by atoms with Crippen LogP contribution in [0.1, 0.15) is 109 Å². The molecule has 2 heterocycles. The Balaban J connectivity index is 0.924. The van der Waals surface area contributed by atoms with Crippen molar-refractivity contribution in [2.45, 2.75) is 83.0 Å². The summed E-state index contributed by atoms with van der Waals surface area (Å²) in [6.45, 7) is 7.70. The lowest BCUT2D eigenvalue weighted by Crippen LogP contribution is -2.44. The number of hydrogen-bond donors (Lipinski definition) is 0. The summed E-state index contributed by atoms with van der Waals surface area (Å²) in [5.41, 5.74) is 2.75. The number of rotatable bonds is 20. The van der Waals surface area contributed by atoms with Gasteiger partial charge in [-0.2, -0.15) is 0 Å². The summed E-state index contributed by atoms with van der Waals surface area (Å²) in [5, 5.41) is 0. The van der Waals surface area contributed by atoms with Gasteiger partial charge in [-0.3, -0.25) is 19.3 Å². The van der Waals surface area contributed by atoms with Crippen LogP contribution in [0.25, 0.3) is 0 Å². The summed E-state index contributed by atoms with van der Waals surface area (Å²) >= 11 is 0. The van der Waals surface area contributed by atoms with Crippen molar-refractivity contribution in [1.82, 2.24) is 9.80 Å². The molecule has 3 aromatic rings. The average Bonchev–Trinajstić information content (AvgIpc) is 3.67. The first-order valence-corrected chi connectivity index (χ1v) is 18.9. The number of unbranched alkanes of at least 4 members (excludes halogenated alkanes) is 8. The number of Topliss-reactive ketones (excluding diaryl/α,β-unsaturated/α-hetero) is 1. The molecule has 1 saturated heterocycles. The zero-order valence-electron chi connectivity index (χ0n) is 30.2. The zero-order chi connectivity index (χ0) is 34.7. The van der Waals surface area contributed by atoms with Gasteiger partial charge in [0, 0.05) is 13.1 Å². The molecular weight excluding hydrogens is 606 g/mol. The molecule has 5 rings (SSSR count). The van der Waals surface area contributed by atoms with Crippen molar-refractivity contribution in [1.29, 1.82) is 0 Å². The van der Waals surface area contributed by atoms with Crippen molar-refractivity contribution in [3.8, 4) is 0 Å². The van der Waals surface area contributed by atoms with Gasteiger partial charge in [0.2, 0.25) is 0 Å². The smallest absolute Gasteiger partial charge is 0.261 e. The highest BCUT2D eigenvalue weighted by Crippen LogP contribution is 2.44. The summed E-state index contributed by atoms with van der Waals surface area (Å²) in [7, 11) is 4.60. The lowest BCUT2D eigenvalue weighted by molar-refractivity contribution is -0.890. The molecule has 1 atom stereocenters. The molecule has 6 heteroatoms. The van der Waals surface area contributed by atoms with Gasteiger partial charge in [-0.25, -0.2) is 0 Å². The quantitative estimate of drug-likeness (QED) is 0.0695. The van der Waals surface area contributed by atoms with Crippen molar-refractivity contribution >= 4 is 17.6 Å². The topological polar surface area (TPSA) is 57.7 Å². The number of likely N-dealkylation sites (tertiary alicyclic amines) is 1. The minimum absolute atomic E-state index is 0.144. The van der Waals surface area contributed by atoms with Crippen molar-refractivity contribution < 1.29 is 18.9 Å². The van der Waals surface area contributed by atoms with Crippen LogP contribution in [0.2, 0.25) is 0 Å². The fourth-order valence-corrected chi connectivity index (χ4v) is 8.42. The highest BCUT2D eigenvalue weighted by molar-refractivity contribution is 6.21. The summed E-state index contributed by atoms with van der Waals surface area (Å²) in [6, 6.07) is 28.1. The molecule has 49 heavy (non-hydrogen) atoms. The molecule has 0 saturated carbocycles. The molecule has 0 radical (unpaired) electrons. The number of ketones is 1. The minimum atomic E-state index is -0.588. The van der Waals surface area contributed by atoms with Crippen LogP contribution in [0.4, 0.5) is 0 Å². The number of quaternary nitrogens is 1. The second-order valence-electron chi connectivity index (χ2n) is 15.1. The van der Waals surface area contributed by atoms with Gasteiger partial charge in [-0.15, -0.1) is 0 Å². The van der Waals surface area contributed by atoms with Crippen molar-refractivity contribution in [2.24, 2.45) is 5.92 Å². The second kappa shape index (κ2) is 17.4. The maximum atomic E-state index is 13.5. The van der Waals surface area contributed by atoms with Crippen LogP contribution in [0.3, 0.4) is 0 Å². The number of amides is 2. The van der Waals surface area contributed by atoms with Gasteiger partial charge in [0.15, 0.2) is 0 Å². The number of carbonyl (C=O) groups excluding carboxylic acids is 3. The van der Waals surface area contributed by atoms with E-state index in [9.17, 15) is 14.4 Å². The van der Waals surface area contributed by atoms with Gasteiger partial charge in [0.05, 0.1) is 43.7 Å². The van der Waals surface area contributed by atoms with Gasteiger partial charge >= 0.3 is 0 Å². The first-order valence-electron chi connectivity index (χ1n) is 18.9. The summed E-state index contributed by atoms with van der Waals surface area (Å²) in [5.74, 6) is 0.240. The van der Waals surface area contributed by atoms with Crippen LogP contribution < -0.4 is 0 Å². The predicted molar refractivity (Wildman–Crippen MR) is 199 cm³/mol. The van der Waals surface area contributed by atoms with Crippen LogP contribution in [0.15, 0.2) is 84.9 Å². The van der Waals surface area contributed by atoms with Gasteiger partial charge in [0.25, 0.3) is 11.8 Å². The molecular formula is C43H58N3O3+. The van der Waals surface area contributed by atoms with E-state index in [4.69, 9.17) is 0 Å². The van der Waals surface area contributed by atoms with E-state index in [-0.39, 0.29) is 23.5 Å². The normalized spacial score (nSPS) is 16.8. The highest BCUT2D eigenvalue weighted by atomic mass is 16.2. The van der Waals surface area contributed by atoms with Crippen LogP contribution in [-0.4, -0.2) is 85.2 Å². The van der Waals surface area contributed by atoms with E-state index in [0.29, 0.717) is 17.7 Å². The third kappa shape index (κ3) is 8.95. The summed E-state index contributed by atoms with van der Waals surface area (Å²) in [6.07, 6.45) is 13.2. The van der Waals surface area contributed by atoms with E-state index < -0.39 is 5.41 Å². The lowest BCUT2D eigenvalue weighted by atomic mass is 9.63. The Labute approximate surface area is 295 Å². The van der Waals surface area contributed by atoms with Crippen molar-refractivity contribution in [3.63, 3.8) is 0 Å². The number of nitrogens with zero attached hydrogens (tertiary/aromatic N) is 3. The lowest BCUT2D eigenvalue weighted by Gasteiger charge is -2.38. The Morgan fingerprint density at radius 2 is 1.10 bits per heavy atom. The molecule has 0 aromatic heterocycles. The first kappa shape index (κ1) is 36.7. The number of hydrogen-bond acceptors (Lipinski definition) is 4. The second-order valence-corrected chi connectivity index (χ2v) is 15.1. The SMILES string of the molecule is CC(=O)C(c1ccccc1)(c1ccccc1)C1CCN(CCCCCCCCCC[N+](C)(C)CCCCN2C(=O)c3ccccc3C2=O)C1. The molecule has 2 aliphatic rings. The van der Waals surface area contributed by atoms with Gasteiger partial charge in [0.1, 0.15) is 5.78 Å². The van der Waals surface area contributed by atoms with E-state index in [1.165, 1.54) is 62.8 Å². The van der Waals surface area contributed by atoms with Crippen LogP contribution >= 0.6 is 0 Å². The molecule has 1 unspecified atom stereocenters. The van der Waals surface area contributed by atoms with E-state index >= 15 is 0 Å². The molecule has 262 valence electrons. The molecule has 0 N–H and O–H groups in total. The van der Waals surface area contributed by atoms with Gasteiger partial charge < -0.3 is 9.38 Å². The fraction of sp³-hybridized carbons (Fsp3) is 0.512. The van der Waals surface area contributed by atoms with Crippen LogP contribution in [0, 0.1) is 5.92 Å². The van der Waals surface area contributed by atoms with Crippen molar-refractivity contribution in [2.75, 3.05) is 53.4 Å². The standard InChI is InChI=1S/C43H58N3O3/c1-35(47)43(36-22-12-10-13-23-36,37-24-14-11-15-25-37)38-28-31-44(34-38)29-18-8-6-4-5-7-9-20-32-46(2,3)33-21-19-30-45-41(48)39-26-16-17-27-40(39)42(45)49/h10-17,22-27,38H,4-9,18-21,28-34H2,1-3H3/q+1. The minimum Gasteiger partial charge on any atom is -0.328 e. The van der Waals surface area contributed by atoms with Crippen LogP contribution in [0.5, 0.6) is 0 Å². The average molecular weight is 665 g/mol. The summed E-state index contributed by atoms with van der Waals surface area (Å²) in [4.78, 5) is 42.7. The number of benzene rings is 3. The van der Waals surface area contributed by atoms with E-state index in [2.05, 4.69) is 67.5 Å². The number of fused-ring (bicyclic) bond motifs is 1. The molecule has 2 amide bonds. The Hall–Kier alpha value is -3.61. The Morgan fingerprint density at radius 3 is 1.63 bits per heavy atom. The zero-order valence-corrected chi connectivity index (χ0v) is 30.2. The fourth-order valence-electron chi connectivity index (χ4n) is 8.42. The number of imide groups is 1. The van der Waals surface area contributed by atoms with Gasteiger partial charge in [-0.1, -0.05) is 105 Å². The highest BCUT2D eigenvalue weighted by Gasteiger charge is 2.48. The summed E-state index contributed by atoms with van der Waals surface area (Å²) < 4.78 is 0.990.